The lowest BCUT2D eigenvalue weighted by Crippen LogP contribution is -1.93. The van der Waals surface area contributed by atoms with Crippen LogP contribution < -0.4 is 0 Å². The topological polar surface area (TPSA) is 71.8 Å². The molecule has 0 bridgehead atoms. The molecule has 0 aliphatic carbocycles. The molecule has 1 N–H and O–H groups in total. The molecule has 0 saturated heterocycles. The summed E-state index contributed by atoms with van der Waals surface area (Å²) in [6.07, 6.45) is 7.89. The van der Waals surface area contributed by atoms with Gasteiger partial charge >= 0.3 is 0 Å². The van der Waals surface area contributed by atoms with Crippen molar-refractivity contribution in [3.05, 3.63) is 36.7 Å². The Labute approximate surface area is 80.5 Å². The first-order valence-corrected chi connectivity index (χ1v) is 4.07. The van der Waals surface area contributed by atoms with Crippen LogP contribution in [0.5, 0.6) is 0 Å². The van der Waals surface area contributed by atoms with Crippen LogP contribution in [0.4, 0.5) is 0 Å². The van der Waals surface area contributed by atoms with Gasteiger partial charge < -0.3 is 5.11 Å². The molecule has 0 saturated carbocycles. The molecule has 0 spiro atoms. The second-order valence-electron chi connectivity index (χ2n) is 2.70. The molecule has 0 radical (unpaired) electrons. The molecule has 0 unspecified atom stereocenters. The van der Waals surface area contributed by atoms with Crippen LogP contribution in [-0.2, 0) is 6.61 Å². The third kappa shape index (κ3) is 1.72. The van der Waals surface area contributed by atoms with E-state index in [1.54, 1.807) is 24.8 Å². The summed E-state index contributed by atoms with van der Waals surface area (Å²) in [5.41, 5.74) is 1.45. The first-order chi connectivity index (χ1) is 6.90. The first kappa shape index (κ1) is 8.71. The molecule has 14 heavy (non-hydrogen) atoms. The van der Waals surface area contributed by atoms with Crippen LogP contribution in [-0.4, -0.2) is 25.0 Å². The maximum atomic E-state index is 8.79. The molecule has 0 amide bonds. The Morgan fingerprint density at radius 3 is 2.21 bits per heavy atom. The fourth-order valence-corrected chi connectivity index (χ4v) is 1.00. The van der Waals surface area contributed by atoms with Gasteiger partial charge in [0.25, 0.3) is 0 Å². The predicted octanol–water partition coefficient (Wildman–Crippen LogP) is 0.426. The van der Waals surface area contributed by atoms with Crippen LogP contribution in [0.15, 0.2) is 31.1 Å². The van der Waals surface area contributed by atoms with Crippen molar-refractivity contribution in [1.29, 1.82) is 0 Å². The molecule has 0 aliphatic rings. The average molecular weight is 188 g/mol. The van der Waals surface area contributed by atoms with Crippen molar-refractivity contribution in [3.63, 3.8) is 0 Å². The third-order valence-corrected chi connectivity index (χ3v) is 1.71. The summed E-state index contributed by atoms with van der Waals surface area (Å²) in [5.74, 6) is 0.558. The van der Waals surface area contributed by atoms with Gasteiger partial charge in [-0.15, -0.1) is 0 Å². The lowest BCUT2D eigenvalue weighted by Gasteiger charge is -1.98. The Hall–Kier alpha value is -1.88. The fourth-order valence-electron chi connectivity index (χ4n) is 1.00. The number of aromatic nitrogens is 4. The molecule has 0 fully saturated rings. The van der Waals surface area contributed by atoms with E-state index in [1.165, 1.54) is 6.33 Å². The minimum absolute atomic E-state index is 0.0500. The van der Waals surface area contributed by atoms with Gasteiger partial charge in [0, 0.05) is 30.4 Å². The summed E-state index contributed by atoms with van der Waals surface area (Å²) in [7, 11) is 0. The monoisotopic (exact) mass is 188 g/mol. The Bertz CT molecular complexity index is 401. The summed E-state index contributed by atoms with van der Waals surface area (Å²) in [6.45, 7) is -0.0500. The van der Waals surface area contributed by atoms with Gasteiger partial charge in [-0.3, -0.25) is 0 Å². The summed E-state index contributed by atoms with van der Waals surface area (Å²) < 4.78 is 0. The van der Waals surface area contributed by atoms with Crippen molar-refractivity contribution in [3.8, 4) is 11.4 Å². The lowest BCUT2D eigenvalue weighted by atomic mass is 10.3. The zero-order valence-corrected chi connectivity index (χ0v) is 7.33. The van der Waals surface area contributed by atoms with E-state index in [0.717, 1.165) is 5.56 Å². The van der Waals surface area contributed by atoms with Crippen molar-refractivity contribution >= 4 is 0 Å². The van der Waals surface area contributed by atoms with Gasteiger partial charge in [-0.1, -0.05) is 0 Å². The highest BCUT2D eigenvalue weighted by molar-refractivity contribution is 5.50. The van der Waals surface area contributed by atoms with Gasteiger partial charge in [-0.25, -0.2) is 19.9 Å². The summed E-state index contributed by atoms with van der Waals surface area (Å²) in [6, 6.07) is 0. The van der Waals surface area contributed by atoms with Crippen LogP contribution >= 0.6 is 0 Å². The zero-order chi connectivity index (χ0) is 9.80. The van der Waals surface area contributed by atoms with E-state index in [4.69, 9.17) is 5.11 Å². The van der Waals surface area contributed by atoms with Crippen molar-refractivity contribution in [2.24, 2.45) is 0 Å². The van der Waals surface area contributed by atoms with E-state index in [2.05, 4.69) is 19.9 Å². The number of rotatable bonds is 2. The first-order valence-electron chi connectivity index (χ1n) is 4.07. The lowest BCUT2D eigenvalue weighted by molar-refractivity contribution is 0.281. The highest BCUT2D eigenvalue weighted by Crippen LogP contribution is 2.10. The average Bonchev–Trinajstić information content (AvgIpc) is 2.30. The van der Waals surface area contributed by atoms with E-state index >= 15 is 0 Å². The standard InChI is InChI=1S/C9H8N4O/c14-5-7-1-12-9(13-2-7)8-3-10-6-11-4-8/h1-4,6,14H,5H2. The van der Waals surface area contributed by atoms with E-state index in [0.29, 0.717) is 11.4 Å². The highest BCUT2D eigenvalue weighted by atomic mass is 16.3. The summed E-state index contributed by atoms with van der Waals surface area (Å²) in [5, 5.41) is 8.79. The van der Waals surface area contributed by atoms with Crippen molar-refractivity contribution < 1.29 is 5.11 Å². The number of hydrogen-bond acceptors (Lipinski definition) is 5. The Kier molecular flexibility index (Phi) is 2.42. The van der Waals surface area contributed by atoms with Crippen molar-refractivity contribution in [2.75, 3.05) is 0 Å². The molecular weight excluding hydrogens is 180 g/mol. The minimum atomic E-state index is -0.0500. The van der Waals surface area contributed by atoms with Gasteiger partial charge in [0.15, 0.2) is 5.82 Å². The number of nitrogens with zero attached hydrogens (tertiary/aromatic N) is 4. The molecule has 2 aromatic rings. The molecule has 2 aromatic heterocycles. The van der Waals surface area contributed by atoms with Crippen LogP contribution in [0.25, 0.3) is 11.4 Å². The van der Waals surface area contributed by atoms with Crippen LogP contribution in [0, 0.1) is 0 Å². The van der Waals surface area contributed by atoms with E-state index < -0.39 is 0 Å². The normalized spacial score (nSPS) is 10.1. The molecule has 5 nitrogen and oxygen atoms in total. The van der Waals surface area contributed by atoms with E-state index in [1.807, 2.05) is 0 Å². The summed E-state index contributed by atoms with van der Waals surface area (Å²) in [4.78, 5) is 15.9. The highest BCUT2D eigenvalue weighted by Gasteiger charge is 2.00. The Morgan fingerprint density at radius 1 is 1.00 bits per heavy atom. The predicted molar refractivity (Wildman–Crippen MR) is 49.0 cm³/mol. The smallest absolute Gasteiger partial charge is 0.162 e. The second kappa shape index (κ2) is 3.89. The molecule has 70 valence electrons. The Morgan fingerprint density at radius 2 is 1.64 bits per heavy atom. The van der Waals surface area contributed by atoms with Crippen LogP contribution in [0.3, 0.4) is 0 Å². The number of aliphatic hydroxyl groups excluding tert-OH is 1. The van der Waals surface area contributed by atoms with Gasteiger partial charge in [-0.05, 0) is 0 Å². The molecule has 2 heterocycles. The minimum Gasteiger partial charge on any atom is -0.392 e. The van der Waals surface area contributed by atoms with Gasteiger partial charge in [0.2, 0.25) is 0 Å². The van der Waals surface area contributed by atoms with E-state index in [9.17, 15) is 0 Å². The maximum absolute atomic E-state index is 8.79. The SMILES string of the molecule is OCc1cnc(-c2cncnc2)nc1. The number of aliphatic hydroxyl groups is 1. The largest absolute Gasteiger partial charge is 0.392 e. The van der Waals surface area contributed by atoms with Gasteiger partial charge in [0.1, 0.15) is 6.33 Å². The molecule has 0 atom stereocenters. The van der Waals surface area contributed by atoms with Gasteiger partial charge in [0.05, 0.1) is 12.2 Å². The second-order valence-corrected chi connectivity index (χ2v) is 2.70. The van der Waals surface area contributed by atoms with Gasteiger partial charge in [-0.2, -0.15) is 0 Å². The fraction of sp³-hybridized carbons (Fsp3) is 0.111. The third-order valence-electron chi connectivity index (χ3n) is 1.71. The number of hydrogen-bond donors (Lipinski definition) is 1. The molecule has 0 aliphatic heterocycles. The molecule has 0 aromatic carbocycles. The Balaban J connectivity index is 2.34. The zero-order valence-electron chi connectivity index (χ0n) is 7.33. The molecule has 5 heteroatoms. The molecule has 2 rings (SSSR count). The molecular formula is C9H8N4O. The summed E-state index contributed by atoms with van der Waals surface area (Å²) >= 11 is 0. The van der Waals surface area contributed by atoms with Crippen LogP contribution in [0.1, 0.15) is 5.56 Å². The quantitative estimate of drug-likeness (QED) is 0.739. The van der Waals surface area contributed by atoms with Crippen molar-refractivity contribution in [2.45, 2.75) is 6.61 Å². The van der Waals surface area contributed by atoms with Crippen molar-refractivity contribution in [1.82, 2.24) is 19.9 Å². The van der Waals surface area contributed by atoms with E-state index in [-0.39, 0.29) is 6.61 Å². The maximum Gasteiger partial charge on any atom is 0.162 e. The van der Waals surface area contributed by atoms with Crippen LogP contribution in [0.2, 0.25) is 0 Å².